The Morgan fingerprint density at radius 2 is 2.29 bits per heavy atom. The minimum Gasteiger partial charge on any atom is -0.393 e. The van der Waals surface area contributed by atoms with Gasteiger partial charge in [0.25, 0.3) is 0 Å². The van der Waals surface area contributed by atoms with E-state index in [2.05, 4.69) is 0 Å². The van der Waals surface area contributed by atoms with Gasteiger partial charge in [-0.3, -0.25) is 4.21 Å². The van der Waals surface area contributed by atoms with Crippen LogP contribution >= 0.6 is 11.8 Å². The maximum Gasteiger partial charge on any atom is 0.0908 e. The molecule has 2 N–H and O–H groups in total. The lowest BCUT2D eigenvalue weighted by Gasteiger charge is -2.37. The van der Waals surface area contributed by atoms with Gasteiger partial charge >= 0.3 is 0 Å². The fraction of sp³-hybridized carbons (Fsp3) is 1.00. The second-order valence-electron chi connectivity index (χ2n) is 4.22. The highest BCUT2D eigenvalue weighted by atomic mass is 32.2. The minimum absolute atomic E-state index is 0.277. The van der Waals surface area contributed by atoms with Gasteiger partial charge in [-0.05, 0) is 26.0 Å². The Labute approximate surface area is 91.7 Å². The zero-order chi connectivity index (χ0) is 10.8. The number of rotatable bonds is 3. The molecule has 1 rings (SSSR count). The monoisotopic (exact) mass is 238 g/mol. The molecule has 0 aromatic heterocycles. The summed E-state index contributed by atoms with van der Waals surface area (Å²) in [5.41, 5.74) is -1.12. The lowest BCUT2D eigenvalue weighted by molar-refractivity contribution is -0.00656. The molecular formula is C9H18O3S2. The molecule has 1 fully saturated rings. The quantitative estimate of drug-likeness (QED) is 0.761. The summed E-state index contributed by atoms with van der Waals surface area (Å²) in [6.07, 6.45) is 1.36. The van der Waals surface area contributed by atoms with E-state index in [-0.39, 0.29) is 6.61 Å². The van der Waals surface area contributed by atoms with E-state index < -0.39 is 20.5 Å². The van der Waals surface area contributed by atoms with Crippen LogP contribution in [0.3, 0.4) is 0 Å². The highest BCUT2D eigenvalue weighted by molar-refractivity contribution is 8.13. The molecule has 1 unspecified atom stereocenters. The normalized spacial score (nSPS) is 37.9. The van der Waals surface area contributed by atoms with Crippen LogP contribution in [0.1, 0.15) is 26.7 Å². The number of thioether (sulfide) groups is 1. The molecule has 3 nitrogen and oxygen atoms in total. The van der Waals surface area contributed by atoms with Crippen molar-refractivity contribution in [2.45, 2.75) is 36.4 Å². The molecule has 0 saturated carbocycles. The third kappa shape index (κ3) is 2.95. The molecule has 14 heavy (non-hydrogen) atoms. The van der Waals surface area contributed by atoms with Crippen molar-refractivity contribution >= 4 is 22.6 Å². The zero-order valence-corrected chi connectivity index (χ0v) is 10.3. The first-order chi connectivity index (χ1) is 6.40. The van der Waals surface area contributed by atoms with Crippen LogP contribution in [0.4, 0.5) is 0 Å². The van der Waals surface area contributed by atoms with Gasteiger partial charge in [-0.15, -0.1) is 11.8 Å². The van der Waals surface area contributed by atoms with Gasteiger partial charge in [-0.2, -0.15) is 0 Å². The summed E-state index contributed by atoms with van der Waals surface area (Å²) in [4.78, 5) is 0. The van der Waals surface area contributed by atoms with Gasteiger partial charge in [0.05, 0.1) is 16.3 Å². The van der Waals surface area contributed by atoms with E-state index in [0.717, 1.165) is 12.2 Å². The van der Waals surface area contributed by atoms with Gasteiger partial charge in [-0.1, -0.05) is 0 Å². The molecule has 1 heterocycles. The number of hydrogen-bond acceptors (Lipinski definition) is 4. The predicted octanol–water partition coefficient (Wildman–Crippen LogP) is 0.722. The largest absolute Gasteiger partial charge is 0.393 e. The molecule has 0 amide bonds. The zero-order valence-electron chi connectivity index (χ0n) is 8.65. The highest BCUT2D eigenvalue weighted by Crippen LogP contribution is 2.40. The van der Waals surface area contributed by atoms with Crippen molar-refractivity contribution in [1.29, 1.82) is 0 Å². The summed E-state index contributed by atoms with van der Waals surface area (Å²) in [5, 5.41) is 18.7. The third-order valence-electron chi connectivity index (χ3n) is 2.41. The Morgan fingerprint density at radius 1 is 1.64 bits per heavy atom. The Bertz CT molecular complexity index is 230. The molecule has 0 aromatic rings. The summed E-state index contributed by atoms with van der Waals surface area (Å²) in [6, 6.07) is 0. The highest BCUT2D eigenvalue weighted by Gasteiger charge is 2.40. The number of aliphatic hydroxyl groups excluding tert-OH is 1. The van der Waals surface area contributed by atoms with E-state index in [1.54, 1.807) is 18.7 Å². The fourth-order valence-electron chi connectivity index (χ4n) is 1.64. The van der Waals surface area contributed by atoms with Crippen molar-refractivity contribution < 1.29 is 14.4 Å². The molecule has 0 radical (unpaired) electrons. The Hall–Kier alpha value is 0.420. The van der Waals surface area contributed by atoms with E-state index in [1.165, 1.54) is 0 Å². The summed E-state index contributed by atoms with van der Waals surface area (Å²) in [6.45, 7) is 3.22. The Morgan fingerprint density at radius 3 is 2.79 bits per heavy atom. The Kier molecular flexibility index (Phi) is 4.03. The van der Waals surface area contributed by atoms with E-state index in [0.29, 0.717) is 12.2 Å². The first-order valence-electron chi connectivity index (χ1n) is 4.75. The summed E-state index contributed by atoms with van der Waals surface area (Å²) >= 11 is 1.64. The topological polar surface area (TPSA) is 57.5 Å². The van der Waals surface area contributed by atoms with Crippen LogP contribution in [0.25, 0.3) is 0 Å². The molecule has 1 aliphatic rings. The maximum atomic E-state index is 11.8. The lowest BCUT2D eigenvalue weighted by atomic mass is 10.0. The van der Waals surface area contributed by atoms with Crippen LogP contribution < -0.4 is 0 Å². The molecule has 1 aliphatic heterocycles. The first kappa shape index (κ1) is 12.5. The number of aliphatic hydroxyl groups is 2. The predicted molar refractivity (Wildman–Crippen MR) is 60.8 cm³/mol. The van der Waals surface area contributed by atoms with Crippen LogP contribution in [-0.2, 0) is 10.8 Å². The van der Waals surface area contributed by atoms with E-state index >= 15 is 0 Å². The average molecular weight is 238 g/mol. The van der Waals surface area contributed by atoms with Crippen molar-refractivity contribution in [3.63, 3.8) is 0 Å². The van der Waals surface area contributed by atoms with Gasteiger partial charge in [0.1, 0.15) is 0 Å². The van der Waals surface area contributed by atoms with Gasteiger partial charge < -0.3 is 10.2 Å². The molecule has 0 aromatic carbocycles. The van der Waals surface area contributed by atoms with Crippen LogP contribution in [0.15, 0.2) is 0 Å². The van der Waals surface area contributed by atoms with Crippen LogP contribution in [0.2, 0.25) is 0 Å². The summed E-state index contributed by atoms with van der Waals surface area (Å²) in [7, 11) is -0.900. The average Bonchev–Trinajstić information content (AvgIpc) is 2.10. The van der Waals surface area contributed by atoms with Crippen LogP contribution in [0.5, 0.6) is 0 Å². The minimum atomic E-state index is -1.12. The standard InChI is InChI=1S/C9H18O3S2/c1-8(11,7-10)6-9(2)13-4-3-5-14(9)12/h10-11H,3-7H2,1-2H3/t8-,9-,14?/m1/s1. The first-order valence-corrected chi connectivity index (χ1v) is 7.06. The molecule has 5 heteroatoms. The van der Waals surface area contributed by atoms with Gasteiger partial charge in [0.2, 0.25) is 0 Å². The molecule has 84 valence electrons. The van der Waals surface area contributed by atoms with Crippen LogP contribution in [0, 0.1) is 0 Å². The molecular weight excluding hydrogens is 220 g/mol. The molecule has 0 aliphatic carbocycles. The fourth-order valence-corrected chi connectivity index (χ4v) is 5.29. The maximum absolute atomic E-state index is 11.8. The van der Waals surface area contributed by atoms with Gasteiger partial charge in [-0.25, -0.2) is 0 Å². The number of hydrogen-bond donors (Lipinski definition) is 2. The second kappa shape index (κ2) is 4.51. The van der Waals surface area contributed by atoms with Crippen molar-refractivity contribution in [3.8, 4) is 0 Å². The van der Waals surface area contributed by atoms with Crippen molar-refractivity contribution in [2.75, 3.05) is 18.1 Å². The van der Waals surface area contributed by atoms with E-state index in [9.17, 15) is 9.32 Å². The summed E-state index contributed by atoms with van der Waals surface area (Å²) < 4.78 is 11.4. The van der Waals surface area contributed by atoms with E-state index in [1.807, 2.05) is 6.92 Å². The molecule has 0 bridgehead atoms. The Balaban J connectivity index is 2.68. The molecule has 3 atom stereocenters. The second-order valence-corrected chi connectivity index (χ2v) is 8.07. The molecule has 0 spiro atoms. The SMILES string of the molecule is C[C@](O)(CO)C[C@]1(C)SCCCS1=O. The lowest BCUT2D eigenvalue weighted by Crippen LogP contribution is -2.43. The van der Waals surface area contributed by atoms with Crippen molar-refractivity contribution in [1.82, 2.24) is 0 Å². The van der Waals surface area contributed by atoms with Crippen molar-refractivity contribution in [3.05, 3.63) is 0 Å². The third-order valence-corrected chi connectivity index (χ3v) is 6.33. The smallest absolute Gasteiger partial charge is 0.0908 e. The molecule has 1 saturated heterocycles. The van der Waals surface area contributed by atoms with Crippen LogP contribution in [-0.4, -0.2) is 42.2 Å². The van der Waals surface area contributed by atoms with E-state index in [4.69, 9.17) is 5.11 Å². The summed E-state index contributed by atoms with van der Waals surface area (Å²) in [5.74, 6) is 1.70. The van der Waals surface area contributed by atoms with Gasteiger partial charge in [0.15, 0.2) is 0 Å². The van der Waals surface area contributed by atoms with Crippen molar-refractivity contribution in [2.24, 2.45) is 0 Å². The van der Waals surface area contributed by atoms with Gasteiger partial charge in [0, 0.05) is 23.0 Å².